The predicted octanol–water partition coefficient (Wildman–Crippen LogP) is 0.311. The number of carbonyl (C=O) groups excluding carboxylic acids is 1. The molecule has 11 nitrogen and oxygen atoms in total. The number of hydrogen-bond acceptors (Lipinski definition) is 9. The molecule has 12 heteroatoms. The number of rotatable bonds is 7. The summed E-state index contributed by atoms with van der Waals surface area (Å²) in [7, 11) is 1.90. The SMILES string of the molecule is Cn1cnnc1SCCNC(=O)C1CCN(c2cc(-n3cncn3)ncn2)CC1. The van der Waals surface area contributed by atoms with Gasteiger partial charge in [-0.15, -0.1) is 10.2 Å². The molecular weight excluding hydrogens is 392 g/mol. The van der Waals surface area contributed by atoms with E-state index in [4.69, 9.17) is 0 Å². The first-order valence-corrected chi connectivity index (χ1v) is 10.4. The van der Waals surface area contributed by atoms with Crippen LogP contribution < -0.4 is 10.2 Å². The molecule has 29 heavy (non-hydrogen) atoms. The lowest BCUT2D eigenvalue weighted by Crippen LogP contribution is -2.41. The summed E-state index contributed by atoms with van der Waals surface area (Å²) in [5.41, 5.74) is 0. The van der Waals surface area contributed by atoms with Crippen molar-refractivity contribution in [3.8, 4) is 5.82 Å². The van der Waals surface area contributed by atoms with Crippen LogP contribution in [0.25, 0.3) is 5.82 Å². The van der Waals surface area contributed by atoms with E-state index in [-0.39, 0.29) is 11.8 Å². The molecule has 0 radical (unpaired) electrons. The molecule has 1 amide bonds. The molecular formula is C17H22N10OS. The van der Waals surface area contributed by atoms with Crippen LogP contribution in [0.3, 0.4) is 0 Å². The minimum Gasteiger partial charge on any atom is -0.356 e. The van der Waals surface area contributed by atoms with Gasteiger partial charge in [-0.05, 0) is 12.8 Å². The highest BCUT2D eigenvalue weighted by Gasteiger charge is 2.25. The van der Waals surface area contributed by atoms with Gasteiger partial charge in [0.05, 0.1) is 0 Å². The Labute approximate surface area is 172 Å². The van der Waals surface area contributed by atoms with Gasteiger partial charge in [-0.3, -0.25) is 4.79 Å². The number of hydrogen-bond donors (Lipinski definition) is 1. The molecule has 0 bridgehead atoms. The van der Waals surface area contributed by atoms with E-state index in [1.807, 2.05) is 17.7 Å². The van der Waals surface area contributed by atoms with Gasteiger partial charge in [-0.1, -0.05) is 11.8 Å². The third-order valence-corrected chi connectivity index (χ3v) is 5.82. The van der Waals surface area contributed by atoms with Crippen LogP contribution in [0.5, 0.6) is 0 Å². The molecule has 1 N–H and O–H groups in total. The summed E-state index contributed by atoms with van der Waals surface area (Å²) in [5.74, 6) is 2.43. The summed E-state index contributed by atoms with van der Waals surface area (Å²) in [5, 5.41) is 15.8. The van der Waals surface area contributed by atoms with Crippen LogP contribution in [0.2, 0.25) is 0 Å². The Morgan fingerprint density at radius 2 is 2.03 bits per heavy atom. The largest absolute Gasteiger partial charge is 0.356 e. The Balaban J connectivity index is 1.23. The minimum absolute atomic E-state index is 0.0303. The predicted molar refractivity (Wildman–Crippen MR) is 107 cm³/mol. The standard InChI is InChI=1S/C17H22N10OS/c1-25-12-22-24-17(25)29-7-4-19-16(28)13-2-5-26(6-3-13)14-8-15(21-10-20-14)27-11-18-9-23-27/h8-13H,2-7H2,1H3,(H,19,28). The molecule has 1 aliphatic heterocycles. The number of aryl methyl sites for hydroxylation is 1. The monoisotopic (exact) mass is 414 g/mol. The maximum Gasteiger partial charge on any atom is 0.223 e. The number of carbonyl (C=O) groups is 1. The second-order valence-electron chi connectivity index (χ2n) is 6.70. The smallest absolute Gasteiger partial charge is 0.223 e. The number of nitrogens with one attached hydrogen (secondary N) is 1. The maximum absolute atomic E-state index is 12.5. The molecule has 4 rings (SSSR count). The van der Waals surface area contributed by atoms with E-state index in [0.29, 0.717) is 12.4 Å². The summed E-state index contributed by atoms with van der Waals surface area (Å²) in [4.78, 5) is 27.2. The Morgan fingerprint density at radius 1 is 1.21 bits per heavy atom. The molecule has 1 aliphatic rings. The second kappa shape index (κ2) is 8.99. The van der Waals surface area contributed by atoms with E-state index in [2.05, 4.69) is 40.5 Å². The number of aromatic nitrogens is 8. The van der Waals surface area contributed by atoms with E-state index in [1.54, 1.807) is 29.1 Å². The normalized spacial score (nSPS) is 14.9. The summed E-state index contributed by atoms with van der Waals surface area (Å²) in [6.45, 7) is 2.17. The first-order valence-electron chi connectivity index (χ1n) is 9.37. The van der Waals surface area contributed by atoms with Crippen molar-refractivity contribution in [3.63, 3.8) is 0 Å². The highest BCUT2D eigenvalue weighted by atomic mass is 32.2. The summed E-state index contributed by atoms with van der Waals surface area (Å²) < 4.78 is 3.47. The Bertz CT molecular complexity index is 935. The Hall–Kier alpha value is -3.02. The third-order valence-electron chi connectivity index (χ3n) is 4.78. The highest BCUT2D eigenvalue weighted by molar-refractivity contribution is 7.99. The van der Waals surface area contributed by atoms with E-state index in [0.717, 1.165) is 42.7 Å². The molecule has 152 valence electrons. The number of piperidine rings is 1. The lowest BCUT2D eigenvalue weighted by Gasteiger charge is -2.32. The zero-order valence-corrected chi connectivity index (χ0v) is 16.9. The van der Waals surface area contributed by atoms with Gasteiger partial charge >= 0.3 is 0 Å². The fourth-order valence-corrected chi connectivity index (χ4v) is 3.94. The molecule has 0 spiro atoms. The molecule has 1 fully saturated rings. The van der Waals surface area contributed by atoms with E-state index >= 15 is 0 Å². The fourth-order valence-electron chi connectivity index (χ4n) is 3.20. The van der Waals surface area contributed by atoms with Gasteiger partial charge < -0.3 is 14.8 Å². The first kappa shape index (κ1) is 19.3. The van der Waals surface area contributed by atoms with Crippen molar-refractivity contribution in [1.82, 2.24) is 44.8 Å². The number of nitrogens with zero attached hydrogens (tertiary/aromatic N) is 9. The van der Waals surface area contributed by atoms with Crippen LogP contribution in [-0.4, -0.2) is 70.8 Å². The maximum atomic E-state index is 12.5. The van der Waals surface area contributed by atoms with Crippen LogP contribution in [0.15, 0.2) is 36.5 Å². The van der Waals surface area contributed by atoms with Crippen LogP contribution in [0.1, 0.15) is 12.8 Å². The van der Waals surface area contributed by atoms with Gasteiger partial charge in [0.1, 0.15) is 31.1 Å². The molecule has 0 saturated carbocycles. The molecule has 0 unspecified atom stereocenters. The fraction of sp³-hybridized carbons (Fsp3) is 0.471. The highest BCUT2D eigenvalue weighted by Crippen LogP contribution is 2.22. The van der Waals surface area contributed by atoms with Crippen LogP contribution in [-0.2, 0) is 11.8 Å². The van der Waals surface area contributed by atoms with Crippen molar-refractivity contribution < 1.29 is 4.79 Å². The number of thioether (sulfide) groups is 1. The molecule has 3 aromatic heterocycles. The average molecular weight is 414 g/mol. The molecule has 4 heterocycles. The Morgan fingerprint density at radius 3 is 2.76 bits per heavy atom. The zero-order valence-electron chi connectivity index (χ0n) is 16.0. The van der Waals surface area contributed by atoms with Crippen molar-refractivity contribution in [3.05, 3.63) is 31.4 Å². The lowest BCUT2D eigenvalue weighted by atomic mass is 9.96. The first-order chi connectivity index (χ1) is 14.2. The van der Waals surface area contributed by atoms with Crippen molar-refractivity contribution in [2.24, 2.45) is 13.0 Å². The Kier molecular flexibility index (Phi) is 5.98. The van der Waals surface area contributed by atoms with Crippen molar-refractivity contribution >= 4 is 23.5 Å². The van der Waals surface area contributed by atoms with Gasteiger partial charge in [-0.25, -0.2) is 19.6 Å². The van der Waals surface area contributed by atoms with Gasteiger partial charge in [0, 0.05) is 44.4 Å². The van der Waals surface area contributed by atoms with Gasteiger partial charge in [0.15, 0.2) is 11.0 Å². The topological polar surface area (TPSA) is 120 Å². The zero-order chi connectivity index (χ0) is 20.1. The summed E-state index contributed by atoms with van der Waals surface area (Å²) >= 11 is 1.58. The van der Waals surface area contributed by atoms with Crippen molar-refractivity contribution in [2.75, 3.05) is 30.3 Å². The summed E-state index contributed by atoms with van der Waals surface area (Å²) in [6.07, 6.45) is 7.86. The van der Waals surface area contributed by atoms with Gasteiger partial charge in [0.2, 0.25) is 5.91 Å². The summed E-state index contributed by atoms with van der Waals surface area (Å²) in [6, 6.07) is 1.89. The van der Waals surface area contributed by atoms with E-state index in [1.165, 1.54) is 12.7 Å². The van der Waals surface area contributed by atoms with Crippen LogP contribution in [0, 0.1) is 5.92 Å². The lowest BCUT2D eigenvalue weighted by molar-refractivity contribution is -0.125. The molecule has 0 atom stereocenters. The molecule has 0 aliphatic carbocycles. The second-order valence-corrected chi connectivity index (χ2v) is 7.76. The van der Waals surface area contributed by atoms with Crippen LogP contribution >= 0.6 is 11.8 Å². The quantitative estimate of drug-likeness (QED) is 0.430. The van der Waals surface area contributed by atoms with Crippen LogP contribution in [0.4, 0.5) is 5.82 Å². The number of amides is 1. The minimum atomic E-state index is 0.0303. The average Bonchev–Trinajstić information content (AvgIpc) is 3.43. The number of anilines is 1. The molecule has 0 aromatic carbocycles. The van der Waals surface area contributed by atoms with E-state index in [9.17, 15) is 4.79 Å². The van der Waals surface area contributed by atoms with Crippen molar-refractivity contribution in [2.45, 2.75) is 18.0 Å². The van der Waals surface area contributed by atoms with Gasteiger partial charge in [-0.2, -0.15) is 5.10 Å². The molecule has 3 aromatic rings. The van der Waals surface area contributed by atoms with Gasteiger partial charge in [0.25, 0.3) is 0 Å². The third kappa shape index (κ3) is 4.70. The van der Waals surface area contributed by atoms with E-state index < -0.39 is 0 Å². The van der Waals surface area contributed by atoms with Crippen molar-refractivity contribution in [1.29, 1.82) is 0 Å². The molecule has 1 saturated heterocycles.